The van der Waals surface area contributed by atoms with Crippen LogP contribution in [0.2, 0.25) is 0 Å². The molecule has 0 bridgehead atoms. The van der Waals surface area contributed by atoms with Gasteiger partial charge in [0.15, 0.2) is 4.80 Å². The minimum absolute atomic E-state index is 0.0491. The van der Waals surface area contributed by atoms with Crippen molar-refractivity contribution < 1.29 is 12.8 Å². The first kappa shape index (κ1) is 17.5. The third-order valence-corrected chi connectivity index (χ3v) is 5.44. The molecular weight excluding hydrogens is 361 g/mol. The second kappa shape index (κ2) is 6.91. The van der Waals surface area contributed by atoms with Gasteiger partial charge in [-0.15, -0.1) is 11.3 Å². The van der Waals surface area contributed by atoms with Crippen LogP contribution in [0.4, 0.5) is 10.1 Å². The minimum Gasteiger partial charge on any atom is -0.317 e. The van der Waals surface area contributed by atoms with Gasteiger partial charge in [-0.3, -0.25) is 0 Å². The Morgan fingerprint density at radius 2 is 1.76 bits per heavy atom. The maximum atomic E-state index is 13.1. The van der Waals surface area contributed by atoms with E-state index in [0.717, 1.165) is 16.1 Å². The van der Waals surface area contributed by atoms with Crippen LogP contribution < -0.4 is 9.94 Å². The number of halogens is 1. The maximum absolute atomic E-state index is 13.1. The van der Waals surface area contributed by atoms with Gasteiger partial charge in [0.05, 0.1) is 16.3 Å². The normalized spacial score (nSPS) is 12.5. The molecule has 1 aromatic heterocycles. The largest absolute Gasteiger partial charge is 0.317 e. The summed E-state index contributed by atoms with van der Waals surface area (Å²) in [7, 11) is -3.72. The number of nitrogens with two attached hydrogens (primary N) is 1. The Hall–Kier alpha value is -2.29. The number of nitrogens with zero attached hydrogens (tertiary/aromatic N) is 2. The fourth-order valence-electron chi connectivity index (χ4n) is 2.40. The lowest BCUT2D eigenvalue weighted by Gasteiger charge is -2.06. The monoisotopic (exact) mass is 377 g/mol. The number of thiazole rings is 1. The van der Waals surface area contributed by atoms with E-state index in [-0.39, 0.29) is 10.7 Å². The van der Waals surface area contributed by atoms with Crippen molar-refractivity contribution in [1.82, 2.24) is 4.57 Å². The molecule has 8 heteroatoms. The summed E-state index contributed by atoms with van der Waals surface area (Å²) in [4.78, 5) is 5.39. The summed E-state index contributed by atoms with van der Waals surface area (Å²) in [6.45, 7) is 2.70. The Bertz CT molecular complexity index is 1050. The molecule has 0 aliphatic carbocycles. The molecule has 0 atom stereocenters. The number of hydrogen-bond acceptors (Lipinski definition) is 4. The van der Waals surface area contributed by atoms with E-state index in [0.29, 0.717) is 12.2 Å². The number of aromatic nitrogens is 1. The van der Waals surface area contributed by atoms with Crippen molar-refractivity contribution in [2.45, 2.75) is 18.4 Å². The van der Waals surface area contributed by atoms with Crippen LogP contribution in [0.3, 0.4) is 0 Å². The van der Waals surface area contributed by atoms with E-state index in [1.54, 1.807) is 24.3 Å². The highest BCUT2D eigenvalue weighted by Gasteiger charge is 2.08. The summed E-state index contributed by atoms with van der Waals surface area (Å²) in [5, 5.41) is 7.06. The fourth-order valence-corrected chi connectivity index (χ4v) is 3.91. The van der Waals surface area contributed by atoms with Crippen molar-refractivity contribution in [2.24, 2.45) is 10.1 Å². The summed E-state index contributed by atoms with van der Waals surface area (Å²) < 4.78 is 37.7. The van der Waals surface area contributed by atoms with Crippen LogP contribution in [0.1, 0.15) is 6.92 Å². The number of benzene rings is 2. The lowest BCUT2D eigenvalue weighted by atomic mass is 10.2. The van der Waals surface area contributed by atoms with Crippen LogP contribution in [0.25, 0.3) is 11.3 Å². The summed E-state index contributed by atoms with van der Waals surface area (Å²) in [5.41, 5.74) is 2.49. The number of primary sulfonamides is 1. The summed E-state index contributed by atoms with van der Waals surface area (Å²) in [6, 6.07) is 12.4. The average molecular weight is 377 g/mol. The standard InChI is InChI=1S/C17H16FN3O2S2/c1-2-21-16(12-3-5-13(18)6-4-12)11-24-17(21)20-14-7-9-15(10-8-14)25(19,22)23/h3-11H,2H2,1H3,(H2,19,22,23). The molecule has 2 aromatic carbocycles. The maximum Gasteiger partial charge on any atom is 0.238 e. The molecule has 0 aliphatic rings. The van der Waals surface area contributed by atoms with E-state index in [4.69, 9.17) is 5.14 Å². The Kier molecular flexibility index (Phi) is 4.85. The second-order valence-corrected chi connectivity index (χ2v) is 7.70. The third-order valence-electron chi connectivity index (χ3n) is 3.64. The highest BCUT2D eigenvalue weighted by Crippen LogP contribution is 2.21. The van der Waals surface area contributed by atoms with Gasteiger partial charge in [-0.2, -0.15) is 0 Å². The molecule has 5 nitrogen and oxygen atoms in total. The molecule has 0 aliphatic heterocycles. The zero-order chi connectivity index (χ0) is 18.0. The highest BCUT2D eigenvalue weighted by molar-refractivity contribution is 7.89. The lowest BCUT2D eigenvalue weighted by Crippen LogP contribution is -2.14. The Morgan fingerprint density at radius 3 is 2.32 bits per heavy atom. The van der Waals surface area contributed by atoms with Crippen molar-refractivity contribution in [3.8, 4) is 11.3 Å². The van der Waals surface area contributed by atoms with Gasteiger partial charge in [0, 0.05) is 11.9 Å². The van der Waals surface area contributed by atoms with Gasteiger partial charge in [-0.1, -0.05) is 0 Å². The van der Waals surface area contributed by atoms with E-state index in [1.165, 1.54) is 35.6 Å². The summed E-state index contributed by atoms with van der Waals surface area (Å²) >= 11 is 1.46. The second-order valence-electron chi connectivity index (χ2n) is 5.31. The number of rotatable bonds is 4. The van der Waals surface area contributed by atoms with Gasteiger partial charge >= 0.3 is 0 Å². The van der Waals surface area contributed by atoms with Crippen LogP contribution in [-0.2, 0) is 16.6 Å². The molecule has 0 amide bonds. The summed E-state index contributed by atoms with van der Waals surface area (Å²) in [5.74, 6) is -0.276. The first-order chi connectivity index (χ1) is 11.9. The van der Waals surface area contributed by atoms with E-state index < -0.39 is 10.0 Å². The van der Waals surface area contributed by atoms with Crippen molar-refractivity contribution in [2.75, 3.05) is 0 Å². The Labute approximate surface area is 149 Å². The number of sulfonamides is 1. The molecule has 0 saturated carbocycles. The molecule has 0 fully saturated rings. The molecule has 0 radical (unpaired) electrons. The highest BCUT2D eigenvalue weighted by atomic mass is 32.2. The van der Waals surface area contributed by atoms with E-state index in [9.17, 15) is 12.8 Å². The summed E-state index contributed by atoms with van der Waals surface area (Å²) in [6.07, 6.45) is 0. The quantitative estimate of drug-likeness (QED) is 0.757. The molecule has 2 N–H and O–H groups in total. The first-order valence-electron chi connectivity index (χ1n) is 7.50. The van der Waals surface area contributed by atoms with Crippen molar-refractivity contribution in [1.29, 1.82) is 0 Å². The molecular formula is C17H16FN3O2S2. The molecule has 130 valence electrons. The van der Waals surface area contributed by atoms with Gasteiger partial charge < -0.3 is 4.57 Å². The molecule has 3 aromatic rings. The molecule has 0 spiro atoms. The predicted molar refractivity (Wildman–Crippen MR) is 96.4 cm³/mol. The van der Waals surface area contributed by atoms with Crippen molar-refractivity contribution in [3.05, 3.63) is 64.5 Å². The van der Waals surface area contributed by atoms with E-state index in [2.05, 4.69) is 4.99 Å². The van der Waals surface area contributed by atoms with Crippen LogP contribution in [0, 0.1) is 5.82 Å². The lowest BCUT2D eigenvalue weighted by molar-refractivity contribution is 0.598. The van der Waals surface area contributed by atoms with E-state index >= 15 is 0 Å². The SMILES string of the molecule is CCn1c(-c2ccc(F)cc2)csc1=Nc1ccc(S(N)(=O)=O)cc1. The molecule has 25 heavy (non-hydrogen) atoms. The Morgan fingerprint density at radius 1 is 1.12 bits per heavy atom. The smallest absolute Gasteiger partial charge is 0.238 e. The van der Waals surface area contributed by atoms with Gasteiger partial charge in [-0.25, -0.2) is 22.9 Å². The van der Waals surface area contributed by atoms with Gasteiger partial charge in [-0.05, 0) is 61.0 Å². The van der Waals surface area contributed by atoms with Gasteiger partial charge in [0.1, 0.15) is 5.82 Å². The zero-order valence-electron chi connectivity index (χ0n) is 13.4. The molecule has 3 rings (SSSR count). The first-order valence-corrected chi connectivity index (χ1v) is 9.93. The van der Waals surface area contributed by atoms with Gasteiger partial charge in [0.2, 0.25) is 10.0 Å². The predicted octanol–water partition coefficient (Wildman–Crippen LogP) is 3.26. The van der Waals surface area contributed by atoms with Crippen LogP contribution in [-0.4, -0.2) is 13.0 Å². The number of hydrogen-bond donors (Lipinski definition) is 1. The molecule has 1 heterocycles. The Balaban J connectivity index is 2.03. The van der Waals surface area contributed by atoms with Crippen molar-refractivity contribution >= 4 is 27.0 Å². The van der Waals surface area contributed by atoms with Gasteiger partial charge in [0.25, 0.3) is 0 Å². The van der Waals surface area contributed by atoms with E-state index in [1.807, 2.05) is 16.9 Å². The zero-order valence-corrected chi connectivity index (χ0v) is 15.0. The average Bonchev–Trinajstić information content (AvgIpc) is 2.98. The minimum atomic E-state index is -3.72. The molecule has 0 saturated heterocycles. The fraction of sp³-hybridized carbons (Fsp3) is 0.118. The van der Waals surface area contributed by atoms with Crippen LogP contribution >= 0.6 is 11.3 Å². The van der Waals surface area contributed by atoms with Crippen LogP contribution in [0.15, 0.2) is 63.8 Å². The van der Waals surface area contributed by atoms with Crippen molar-refractivity contribution in [3.63, 3.8) is 0 Å². The molecule has 0 unspecified atom stereocenters. The topological polar surface area (TPSA) is 77.5 Å². The van der Waals surface area contributed by atoms with Crippen LogP contribution in [0.5, 0.6) is 0 Å². The third kappa shape index (κ3) is 3.87.